The summed E-state index contributed by atoms with van der Waals surface area (Å²) in [6, 6.07) is 1.70. The van der Waals surface area contributed by atoms with Crippen LogP contribution in [0.15, 0.2) is 17.7 Å². The Kier molecular flexibility index (Phi) is 4.62. The molecule has 1 aromatic carbocycles. The Morgan fingerprint density at radius 2 is 1.88 bits per heavy atom. The molecule has 1 aliphatic rings. The quantitative estimate of drug-likeness (QED) is 0.808. The van der Waals surface area contributed by atoms with Gasteiger partial charge in [0.2, 0.25) is 6.10 Å². The highest BCUT2D eigenvalue weighted by atomic mass is 35.5. The molecule has 132 valence electrons. The number of hydrogen-bond donors (Lipinski definition) is 1. The van der Waals surface area contributed by atoms with Gasteiger partial charge in [-0.2, -0.15) is 26.3 Å². The second kappa shape index (κ2) is 6.08. The van der Waals surface area contributed by atoms with Gasteiger partial charge in [0, 0.05) is 11.6 Å². The molecule has 1 aliphatic heterocycles. The SMILES string of the molecule is O=C(O)C1=Cc2cc(Cl)c(OCC(F)(F)F)cc2O[C@@H]1C(F)(F)F. The van der Waals surface area contributed by atoms with E-state index < -0.39 is 48.1 Å². The van der Waals surface area contributed by atoms with Gasteiger partial charge >= 0.3 is 18.3 Å². The summed E-state index contributed by atoms with van der Waals surface area (Å²) < 4.78 is 84.1. The van der Waals surface area contributed by atoms with Crippen LogP contribution in [0.2, 0.25) is 5.02 Å². The molecule has 0 unspecified atom stereocenters. The smallest absolute Gasteiger partial charge is 0.430 e. The van der Waals surface area contributed by atoms with E-state index in [0.717, 1.165) is 12.1 Å². The van der Waals surface area contributed by atoms with Crippen LogP contribution in [0.25, 0.3) is 6.08 Å². The average molecular weight is 377 g/mol. The van der Waals surface area contributed by atoms with Gasteiger partial charge in [0.05, 0.1) is 10.6 Å². The van der Waals surface area contributed by atoms with E-state index in [-0.39, 0.29) is 10.6 Å². The molecule has 1 aromatic rings. The van der Waals surface area contributed by atoms with Crippen molar-refractivity contribution in [2.75, 3.05) is 6.61 Å². The number of carboxylic acids is 1. The van der Waals surface area contributed by atoms with E-state index in [0.29, 0.717) is 6.08 Å². The van der Waals surface area contributed by atoms with Crippen LogP contribution in [-0.4, -0.2) is 36.1 Å². The van der Waals surface area contributed by atoms with Crippen LogP contribution in [-0.2, 0) is 4.79 Å². The van der Waals surface area contributed by atoms with Crippen molar-refractivity contribution in [3.05, 3.63) is 28.3 Å². The van der Waals surface area contributed by atoms with Crippen molar-refractivity contribution in [2.24, 2.45) is 0 Å². The van der Waals surface area contributed by atoms with Crippen molar-refractivity contribution < 1.29 is 45.7 Å². The molecule has 1 atom stereocenters. The van der Waals surface area contributed by atoms with Crippen LogP contribution in [0.4, 0.5) is 26.3 Å². The number of halogens is 7. The van der Waals surface area contributed by atoms with E-state index in [1.165, 1.54) is 0 Å². The minimum absolute atomic E-state index is 0.128. The Morgan fingerprint density at radius 1 is 1.25 bits per heavy atom. The summed E-state index contributed by atoms with van der Waals surface area (Å²) in [7, 11) is 0. The molecular formula is C13H7ClF6O4. The second-order valence-electron chi connectivity index (χ2n) is 4.67. The minimum Gasteiger partial charge on any atom is -0.482 e. The Hall–Kier alpha value is -2.10. The van der Waals surface area contributed by atoms with Gasteiger partial charge in [-0.25, -0.2) is 4.79 Å². The molecule has 0 amide bonds. The summed E-state index contributed by atoms with van der Waals surface area (Å²) in [6.45, 7) is -1.70. The number of carboxylic acid groups (broad SMARTS) is 1. The molecule has 24 heavy (non-hydrogen) atoms. The van der Waals surface area contributed by atoms with Gasteiger partial charge in [-0.1, -0.05) is 11.6 Å². The van der Waals surface area contributed by atoms with Crippen molar-refractivity contribution in [2.45, 2.75) is 18.5 Å². The zero-order valence-corrected chi connectivity index (χ0v) is 12.1. The van der Waals surface area contributed by atoms with Gasteiger partial charge in [-0.3, -0.25) is 0 Å². The van der Waals surface area contributed by atoms with Crippen LogP contribution in [0.1, 0.15) is 5.56 Å². The summed E-state index contributed by atoms with van der Waals surface area (Å²) in [5, 5.41) is 8.52. The van der Waals surface area contributed by atoms with Crippen molar-refractivity contribution in [3.63, 3.8) is 0 Å². The predicted molar refractivity (Wildman–Crippen MR) is 69.1 cm³/mol. The molecule has 0 bridgehead atoms. The van der Waals surface area contributed by atoms with Gasteiger partial charge in [0.25, 0.3) is 0 Å². The number of alkyl halides is 6. The van der Waals surface area contributed by atoms with E-state index in [4.69, 9.17) is 16.7 Å². The lowest BCUT2D eigenvalue weighted by atomic mass is 10.0. The van der Waals surface area contributed by atoms with Crippen molar-refractivity contribution in [1.82, 2.24) is 0 Å². The number of aliphatic carboxylic acids is 1. The normalized spacial score (nSPS) is 17.6. The summed E-state index contributed by atoms with van der Waals surface area (Å²) in [4.78, 5) is 11.0. The van der Waals surface area contributed by atoms with Crippen LogP contribution in [0.5, 0.6) is 11.5 Å². The van der Waals surface area contributed by atoms with Gasteiger partial charge in [-0.15, -0.1) is 0 Å². The minimum atomic E-state index is -5.03. The van der Waals surface area contributed by atoms with Crippen LogP contribution >= 0.6 is 11.6 Å². The number of benzene rings is 1. The van der Waals surface area contributed by atoms with Crippen LogP contribution in [0, 0.1) is 0 Å². The first-order valence-corrected chi connectivity index (χ1v) is 6.47. The number of hydrogen-bond acceptors (Lipinski definition) is 3. The van der Waals surface area contributed by atoms with Crippen molar-refractivity contribution >= 4 is 23.6 Å². The van der Waals surface area contributed by atoms with Gasteiger partial charge in [0.15, 0.2) is 6.61 Å². The van der Waals surface area contributed by atoms with E-state index in [1.807, 2.05) is 0 Å². The van der Waals surface area contributed by atoms with Crippen LogP contribution < -0.4 is 9.47 Å². The molecule has 0 saturated heterocycles. The molecule has 1 N–H and O–H groups in total. The van der Waals surface area contributed by atoms with E-state index in [9.17, 15) is 31.1 Å². The monoisotopic (exact) mass is 376 g/mol. The Bertz CT molecular complexity index is 695. The summed E-state index contributed by atoms with van der Waals surface area (Å²) >= 11 is 5.70. The Morgan fingerprint density at radius 3 is 2.38 bits per heavy atom. The maximum Gasteiger partial charge on any atom is 0.430 e. The molecule has 0 aliphatic carbocycles. The highest BCUT2D eigenvalue weighted by Gasteiger charge is 2.48. The lowest BCUT2D eigenvalue weighted by Crippen LogP contribution is -2.40. The zero-order chi connectivity index (χ0) is 18.3. The summed E-state index contributed by atoms with van der Waals surface area (Å²) in [5.74, 6) is -2.89. The van der Waals surface area contributed by atoms with E-state index >= 15 is 0 Å². The molecule has 0 radical (unpaired) electrons. The Labute approximate surface area is 135 Å². The Balaban J connectivity index is 2.42. The number of carbonyl (C=O) groups is 1. The fourth-order valence-electron chi connectivity index (χ4n) is 1.89. The third kappa shape index (κ3) is 4.05. The zero-order valence-electron chi connectivity index (χ0n) is 11.3. The molecule has 11 heteroatoms. The molecule has 4 nitrogen and oxygen atoms in total. The van der Waals surface area contributed by atoms with Crippen LogP contribution in [0.3, 0.4) is 0 Å². The average Bonchev–Trinajstić information content (AvgIpc) is 2.41. The molecule has 0 saturated carbocycles. The van der Waals surface area contributed by atoms with E-state index in [2.05, 4.69) is 9.47 Å². The van der Waals surface area contributed by atoms with E-state index in [1.54, 1.807) is 0 Å². The topological polar surface area (TPSA) is 55.8 Å². The van der Waals surface area contributed by atoms with Crippen molar-refractivity contribution in [1.29, 1.82) is 0 Å². The fourth-order valence-corrected chi connectivity index (χ4v) is 2.11. The highest BCUT2D eigenvalue weighted by Crippen LogP contribution is 2.41. The summed E-state index contributed by atoms with van der Waals surface area (Å²) in [5.41, 5.74) is -1.20. The second-order valence-corrected chi connectivity index (χ2v) is 5.08. The third-order valence-corrected chi connectivity index (χ3v) is 3.13. The molecule has 0 aromatic heterocycles. The van der Waals surface area contributed by atoms with Gasteiger partial charge in [0.1, 0.15) is 11.5 Å². The van der Waals surface area contributed by atoms with Gasteiger partial charge < -0.3 is 14.6 Å². The first-order valence-electron chi connectivity index (χ1n) is 6.10. The number of rotatable bonds is 3. The van der Waals surface area contributed by atoms with Crippen molar-refractivity contribution in [3.8, 4) is 11.5 Å². The first kappa shape index (κ1) is 18.2. The predicted octanol–water partition coefficient (Wildman–Crippen LogP) is 4.07. The summed E-state index contributed by atoms with van der Waals surface area (Å²) in [6.07, 6.45) is -11.8. The number of ether oxygens (including phenoxy) is 2. The number of fused-ring (bicyclic) bond motifs is 1. The lowest BCUT2D eigenvalue weighted by Gasteiger charge is -2.27. The largest absolute Gasteiger partial charge is 0.482 e. The third-order valence-electron chi connectivity index (χ3n) is 2.84. The van der Waals surface area contributed by atoms with Gasteiger partial charge in [-0.05, 0) is 12.1 Å². The molecular weight excluding hydrogens is 370 g/mol. The lowest BCUT2D eigenvalue weighted by molar-refractivity contribution is -0.187. The standard InChI is InChI=1S/C13H7ClF6O4/c14-7-2-5-1-6(11(21)22)10(13(18,19)20)24-8(5)3-9(7)23-4-12(15,16)17/h1-3,10H,4H2,(H,21,22)/t10-/m0/s1. The highest BCUT2D eigenvalue weighted by molar-refractivity contribution is 6.32. The molecule has 1 heterocycles. The maximum atomic E-state index is 12.9. The first-order chi connectivity index (χ1) is 10.9. The molecule has 0 spiro atoms. The fraction of sp³-hybridized carbons (Fsp3) is 0.308. The molecule has 2 rings (SSSR count). The molecule has 0 fully saturated rings. The maximum absolute atomic E-state index is 12.9.